The lowest BCUT2D eigenvalue weighted by atomic mass is 10.3. The Labute approximate surface area is 118 Å². The van der Waals surface area contributed by atoms with Crippen LogP contribution in [0, 0.1) is 6.92 Å². The Morgan fingerprint density at radius 1 is 1.35 bits per heavy atom. The molecule has 0 spiro atoms. The van der Waals surface area contributed by atoms with Crippen LogP contribution in [0.1, 0.15) is 5.69 Å². The molecule has 0 atom stereocenters. The van der Waals surface area contributed by atoms with E-state index in [0.29, 0.717) is 5.62 Å². The van der Waals surface area contributed by atoms with E-state index in [-0.39, 0.29) is 0 Å². The van der Waals surface area contributed by atoms with E-state index < -0.39 is 0 Å². The lowest BCUT2D eigenvalue weighted by Gasteiger charge is -2.12. The van der Waals surface area contributed by atoms with E-state index in [4.69, 9.17) is 4.74 Å². The Morgan fingerprint density at radius 2 is 2.05 bits per heavy atom. The summed E-state index contributed by atoms with van der Waals surface area (Å²) in [5.74, 6) is 1.73. The molecule has 0 amide bonds. The molecule has 104 valence electrons. The molecular formula is C15H18N4O. The molecule has 0 saturated carbocycles. The molecule has 5 nitrogen and oxygen atoms in total. The standard InChI is InChI=1S/C15H18N4O/c1-5-16-15-17-11(2)10-14(19(15)3)18-12-6-8-13(20-4)9-7-12/h5-10,18H,1H2,2-4H3. The maximum Gasteiger partial charge on any atom is 0.230 e. The summed E-state index contributed by atoms with van der Waals surface area (Å²) in [6.45, 7) is 5.54. The van der Waals surface area contributed by atoms with Crippen LogP contribution in [0.15, 0.2) is 48.1 Å². The topological polar surface area (TPSA) is 51.4 Å². The van der Waals surface area contributed by atoms with Gasteiger partial charge in [0.2, 0.25) is 5.62 Å². The minimum absolute atomic E-state index is 0.607. The molecule has 1 aromatic heterocycles. The number of anilines is 2. The smallest absolute Gasteiger partial charge is 0.230 e. The number of hydrogen-bond donors (Lipinski definition) is 1. The molecular weight excluding hydrogens is 252 g/mol. The summed E-state index contributed by atoms with van der Waals surface area (Å²) in [6, 6.07) is 9.70. The molecule has 0 bridgehead atoms. The van der Waals surface area contributed by atoms with Gasteiger partial charge in [-0.2, -0.15) is 0 Å². The van der Waals surface area contributed by atoms with Crippen LogP contribution in [0.3, 0.4) is 0 Å². The zero-order chi connectivity index (χ0) is 14.5. The van der Waals surface area contributed by atoms with Gasteiger partial charge in [0, 0.05) is 30.7 Å². The molecule has 1 heterocycles. The van der Waals surface area contributed by atoms with Crippen LogP contribution in [0.5, 0.6) is 5.75 Å². The fourth-order valence-corrected chi connectivity index (χ4v) is 1.81. The maximum absolute atomic E-state index is 5.14. The predicted octanol–water partition coefficient (Wildman–Crippen LogP) is 2.52. The first-order valence-corrected chi connectivity index (χ1v) is 6.24. The minimum atomic E-state index is 0.607. The van der Waals surface area contributed by atoms with E-state index >= 15 is 0 Å². The molecule has 0 radical (unpaired) electrons. The van der Waals surface area contributed by atoms with Crippen molar-refractivity contribution in [3.8, 4) is 5.75 Å². The second-order valence-corrected chi connectivity index (χ2v) is 4.31. The van der Waals surface area contributed by atoms with Gasteiger partial charge in [0.05, 0.1) is 7.11 Å². The third-order valence-corrected chi connectivity index (χ3v) is 2.85. The molecule has 1 N–H and O–H groups in total. The van der Waals surface area contributed by atoms with Crippen molar-refractivity contribution in [2.24, 2.45) is 12.0 Å². The average molecular weight is 270 g/mol. The van der Waals surface area contributed by atoms with Gasteiger partial charge in [0.1, 0.15) is 11.6 Å². The van der Waals surface area contributed by atoms with Gasteiger partial charge < -0.3 is 10.1 Å². The highest BCUT2D eigenvalue weighted by atomic mass is 16.5. The van der Waals surface area contributed by atoms with E-state index in [2.05, 4.69) is 21.9 Å². The summed E-state index contributed by atoms with van der Waals surface area (Å²) >= 11 is 0. The van der Waals surface area contributed by atoms with Crippen LogP contribution < -0.4 is 15.7 Å². The Balaban J connectivity index is 2.37. The Bertz CT molecular complexity index is 671. The monoisotopic (exact) mass is 270 g/mol. The second-order valence-electron chi connectivity index (χ2n) is 4.31. The van der Waals surface area contributed by atoms with Crippen molar-refractivity contribution in [3.63, 3.8) is 0 Å². The first-order valence-electron chi connectivity index (χ1n) is 6.24. The largest absolute Gasteiger partial charge is 0.497 e. The SMILES string of the molecule is C=CN=c1nc(C)cc(Nc2ccc(OC)cc2)n1C. The fourth-order valence-electron chi connectivity index (χ4n) is 1.81. The van der Waals surface area contributed by atoms with E-state index in [1.54, 1.807) is 7.11 Å². The number of ether oxygens (including phenoxy) is 1. The molecule has 0 unspecified atom stereocenters. The maximum atomic E-state index is 5.14. The van der Waals surface area contributed by atoms with Gasteiger partial charge in [-0.1, -0.05) is 6.58 Å². The Morgan fingerprint density at radius 3 is 2.65 bits per heavy atom. The zero-order valence-corrected chi connectivity index (χ0v) is 11.9. The first kappa shape index (κ1) is 13.9. The van der Waals surface area contributed by atoms with Crippen molar-refractivity contribution in [2.45, 2.75) is 6.92 Å². The van der Waals surface area contributed by atoms with Crippen molar-refractivity contribution in [3.05, 3.63) is 54.4 Å². The highest BCUT2D eigenvalue weighted by Crippen LogP contribution is 2.19. The highest BCUT2D eigenvalue weighted by Gasteiger charge is 2.02. The van der Waals surface area contributed by atoms with Crippen molar-refractivity contribution < 1.29 is 4.74 Å². The van der Waals surface area contributed by atoms with Crippen molar-refractivity contribution in [2.75, 3.05) is 12.4 Å². The molecule has 0 aliphatic rings. The number of methoxy groups -OCH3 is 1. The van der Waals surface area contributed by atoms with E-state index in [9.17, 15) is 0 Å². The summed E-state index contributed by atoms with van der Waals surface area (Å²) in [5, 5.41) is 3.34. The summed E-state index contributed by atoms with van der Waals surface area (Å²) in [7, 11) is 3.55. The van der Waals surface area contributed by atoms with Crippen LogP contribution in [0.2, 0.25) is 0 Å². The van der Waals surface area contributed by atoms with E-state index in [1.165, 1.54) is 6.20 Å². The third kappa shape index (κ3) is 3.06. The van der Waals surface area contributed by atoms with Gasteiger partial charge in [-0.3, -0.25) is 4.57 Å². The third-order valence-electron chi connectivity index (χ3n) is 2.85. The number of aromatic nitrogens is 2. The van der Waals surface area contributed by atoms with Crippen molar-refractivity contribution in [1.82, 2.24) is 9.55 Å². The second kappa shape index (κ2) is 6.06. The first-order chi connectivity index (χ1) is 9.63. The molecule has 20 heavy (non-hydrogen) atoms. The lowest BCUT2D eigenvalue weighted by molar-refractivity contribution is 0.415. The van der Waals surface area contributed by atoms with Gasteiger partial charge in [-0.15, -0.1) is 0 Å². The number of nitrogens with zero attached hydrogens (tertiary/aromatic N) is 3. The number of hydrogen-bond acceptors (Lipinski definition) is 4. The van der Waals surface area contributed by atoms with Gasteiger partial charge in [0.25, 0.3) is 0 Å². The summed E-state index contributed by atoms with van der Waals surface area (Å²) < 4.78 is 7.02. The zero-order valence-electron chi connectivity index (χ0n) is 11.9. The van der Waals surface area contributed by atoms with Crippen LogP contribution in [-0.2, 0) is 7.05 Å². The van der Waals surface area contributed by atoms with Crippen LogP contribution >= 0.6 is 0 Å². The molecule has 0 aliphatic heterocycles. The molecule has 1 aromatic carbocycles. The van der Waals surface area contributed by atoms with Crippen LogP contribution in [0.4, 0.5) is 11.5 Å². The molecule has 2 rings (SSSR count). The molecule has 0 saturated heterocycles. The molecule has 2 aromatic rings. The number of nitrogens with one attached hydrogen (secondary N) is 1. The van der Waals surface area contributed by atoms with Gasteiger partial charge in [0.15, 0.2) is 0 Å². The van der Waals surface area contributed by atoms with Gasteiger partial charge in [-0.05, 0) is 31.2 Å². The summed E-state index contributed by atoms with van der Waals surface area (Å²) in [6.07, 6.45) is 1.49. The van der Waals surface area contributed by atoms with E-state index in [0.717, 1.165) is 22.9 Å². The Hall–Kier alpha value is -2.56. The van der Waals surface area contributed by atoms with Crippen LogP contribution in [0.25, 0.3) is 0 Å². The predicted molar refractivity (Wildman–Crippen MR) is 80.0 cm³/mol. The van der Waals surface area contributed by atoms with Crippen molar-refractivity contribution in [1.29, 1.82) is 0 Å². The van der Waals surface area contributed by atoms with Crippen LogP contribution in [-0.4, -0.2) is 16.7 Å². The van der Waals surface area contributed by atoms with Gasteiger partial charge >= 0.3 is 0 Å². The van der Waals surface area contributed by atoms with Gasteiger partial charge in [-0.25, -0.2) is 9.98 Å². The highest BCUT2D eigenvalue weighted by molar-refractivity contribution is 5.57. The Kier molecular flexibility index (Phi) is 4.20. The minimum Gasteiger partial charge on any atom is -0.497 e. The summed E-state index contributed by atoms with van der Waals surface area (Å²) in [5.41, 5.74) is 2.47. The molecule has 0 aliphatic carbocycles. The summed E-state index contributed by atoms with van der Waals surface area (Å²) in [4.78, 5) is 8.51. The van der Waals surface area contributed by atoms with Crippen molar-refractivity contribution >= 4 is 11.5 Å². The molecule has 0 fully saturated rings. The quantitative estimate of drug-likeness (QED) is 0.928. The normalized spacial score (nSPS) is 11.2. The number of rotatable bonds is 4. The lowest BCUT2D eigenvalue weighted by Crippen LogP contribution is -2.24. The molecule has 5 heteroatoms. The fraction of sp³-hybridized carbons (Fsp3) is 0.200. The van der Waals surface area contributed by atoms with E-state index in [1.807, 2.05) is 48.9 Å². The average Bonchev–Trinajstić information content (AvgIpc) is 2.45. The number of benzene rings is 1. The number of aryl methyl sites for hydroxylation is 1.